The fourth-order valence-corrected chi connectivity index (χ4v) is 3.07. The zero-order valence-corrected chi connectivity index (χ0v) is 10.0. The predicted molar refractivity (Wildman–Crippen MR) is 64.9 cm³/mol. The monoisotopic (exact) mass is 210 g/mol. The van der Waals surface area contributed by atoms with E-state index >= 15 is 0 Å². The molecule has 1 saturated heterocycles. The lowest BCUT2D eigenvalue weighted by molar-refractivity contribution is 0.185. The van der Waals surface area contributed by atoms with Gasteiger partial charge in [0.25, 0.3) is 0 Å². The summed E-state index contributed by atoms with van der Waals surface area (Å²) in [4.78, 5) is 2.62. The van der Waals surface area contributed by atoms with Gasteiger partial charge in [-0.2, -0.15) is 0 Å². The quantitative estimate of drug-likeness (QED) is 0.775. The van der Waals surface area contributed by atoms with E-state index in [-0.39, 0.29) is 5.54 Å². The van der Waals surface area contributed by atoms with Crippen LogP contribution in [-0.4, -0.2) is 30.1 Å². The normalized spacial score (nSPS) is 27.8. The van der Waals surface area contributed by atoms with E-state index in [0.717, 1.165) is 0 Å². The maximum Gasteiger partial charge on any atom is 0.0166 e. The summed E-state index contributed by atoms with van der Waals surface area (Å²) in [6.45, 7) is 3.88. The first-order valence-corrected chi connectivity index (χ1v) is 6.80. The Bertz CT molecular complexity index is 179. The Balaban J connectivity index is 1.70. The van der Waals surface area contributed by atoms with Gasteiger partial charge in [0, 0.05) is 5.54 Å². The van der Waals surface area contributed by atoms with Crippen molar-refractivity contribution < 1.29 is 0 Å². The minimum absolute atomic E-state index is 0.190. The lowest BCUT2D eigenvalue weighted by atomic mass is 9.80. The molecule has 1 aliphatic carbocycles. The van der Waals surface area contributed by atoms with Crippen LogP contribution in [0.1, 0.15) is 57.8 Å². The molecule has 1 heterocycles. The van der Waals surface area contributed by atoms with Crippen molar-refractivity contribution in [3.8, 4) is 0 Å². The summed E-state index contributed by atoms with van der Waals surface area (Å²) < 4.78 is 0. The first-order chi connectivity index (χ1) is 7.29. The first-order valence-electron chi connectivity index (χ1n) is 6.80. The summed E-state index contributed by atoms with van der Waals surface area (Å²) in [5.74, 6) is 0. The van der Waals surface area contributed by atoms with Crippen molar-refractivity contribution >= 4 is 0 Å². The van der Waals surface area contributed by atoms with Crippen molar-refractivity contribution in [1.82, 2.24) is 4.90 Å². The van der Waals surface area contributed by atoms with Crippen molar-refractivity contribution in [2.24, 2.45) is 5.73 Å². The topological polar surface area (TPSA) is 29.3 Å². The van der Waals surface area contributed by atoms with E-state index in [1.165, 1.54) is 77.4 Å². The highest BCUT2D eigenvalue weighted by Gasteiger charge is 2.27. The molecule has 2 aliphatic rings. The second kappa shape index (κ2) is 5.31. The van der Waals surface area contributed by atoms with E-state index in [1.807, 2.05) is 0 Å². The van der Waals surface area contributed by atoms with Gasteiger partial charge in [0.05, 0.1) is 0 Å². The summed E-state index contributed by atoms with van der Waals surface area (Å²) in [6, 6.07) is 0. The molecule has 15 heavy (non-hydrogen) atoms. The molecule has 0 atom stereocenters. The van der Waals surface area contributed by atoms with E-state index in [9.17, 15) is 0 Å². The van der Waals surface area contributed by atoms with Crippen LogP contribution in [0.15, 0.2) is 0 Å². The van der Waals surface area contributed by atoms with Gasteiger partial charge in [-0.25, -0.2) is 0 Å². The van der Waals surface area contributed by atoms with Crippen molar-refractivity contribution in [3.63, 3.8) is 0 Å². The average Bonchev–Trinajstić information content (AvgIpc) is 2.29. The second-order valence-electron chi connectivity index (χ2n) is 5.58. The molecule has 0 aromatic carbocycles. The van der Waals surface area contributed by atoms with Crippen LogP contribution in [0, 0.1) is 0 Å². The number of hydrogen-bond acceptors (Lipinski definition) is 2. The van der Waals surface area contributed by atoms with Gasteiger partial charge in [0.2, 0.25) is 0 Å². The molecule has 2 nitrogen and oxygen atoms in total. The molecule has 88 valence electrons. The number of nitrogens with two attached hydrogens (primary N) is 1. The largest absolute Gasteiger partial charge is 0.325 e. The third-order valence-electron chi connectivity index (χ3n) is 4.22. The predicted octanol–water partition coefficient (Wildman–Crippen LogP) is 2.52. The molecule has 0 amide bonds. The van der Waals surface area contributed by atoms with Gasteiger partial charge < -0.3 is 10.6 Å². The highest BCUT2D eigenvalue weighted by Crippen LogP contribution is 2.29. The molecule has 0 aromatic heterocycles. The third-order valence-corrected chi connectivity index (χ3v) is 4.22. The lowest BCUT2D eigenvalue weighted by Gasteiger charge is -2.36. The molecule has 0 radical (unpaired) electrons. The lowest BCUT2D eigenvalue weighted by Crippen LogP contribution is -2.45. The Labute approximate surface area is 94.2 Å². The second-order valence-corrected chi connectivity index (χ2v) is 5.58. The molecule has 2 N–H and O–H groups in total. The maximum atomic E-state index is 6.45. The Hall–Kier alpha value is -0.0800. The zero-order valence-electron chi connectivity index (χ0n) is 10.0. The van der Waals surface area contributed by atoms with E-state index < -0.39 is 0 Å². The van der Waals surface area contributed by atoms with Crippen molar-refractivity contribution in [2.45, 2.75) is 63.3 Å². The minimum Gasteiger partial charge on any atom is -0.325 e. The van der Waals surface area contributed by atoms with Crippen molar-refractivity contribution in [1.29, 1.82) is 0 Å². The summed E-state index contributed by atoms with van der Waals surface area (Å²) >= 11 is 0. The number of likely N-dealkylation sites (tertiary alicyclic amines) is 1. The Morgan fingerprint density at radius 3 is 2.13 bits per heavy atom. The Kier molecular flexibility index (Phi) is 4.04. The minimum atomic E-state index is 0.190. The number of piperidine rings is 1. The van der Waals surface area contributed by atoms with Crippen LogP contribution in [0.25, 0.3) is 0 Å². The SMILES string of the molecule is NC1(CCN2CCCCC2)CCCCC1. The third kappa shape index (κ3) is 3.46. The average molecular weight is 210 g/mol. The molecule has 2 fully saturated rings. The van der Waals surface area contributed by atoms with Crippen LogP contribution in [0.2, 0.25) is 0 Å². The zero-order chi connectivity index (χ0) is 10.6. The van der Waals surface area contributed by atoms with Crippen LogP contribution < -0.4 is 5.73 Å². The smallest absolute Gasteiger partial charge is 0.0166 e. The Morgan fingerprint density at radius 1 is 0.867 bits per heavy atom. The van der Waals surface area contributed by atoms with Crippen LogP contribution >= 0.6 is 0 Å². The van der Waals surface area contributed by atoms with Crippen LogP contribution in [0.3, 0.4) is 0 Å². The molecule has 0 spiro atoms. The number of hydrogen-bond donors (Lipinski definition) is 1. The molecule has 0 unspecified atom stereocenters. The molecule has 2 rings (SSSR count). The van der Waals surface area contributed by atoms with Gasteiger partial charge in [-0.3, -0.25) is 0 Å². The molecular formula is C13H26N2. The van der Waals surface area contributed by atoms with E-state index in [1.54, 1.807) is 0 Å². The number of nitrogens with zero attached hydrogens (tertiary/aromatic N) is 1. The highest BCUT2D eigenvalue weighted by atomic mass is 15.1. The summed E-state index contributed by atoms with van der Waals surface area (Å²) in [7, 11) is 0. The fraction of sp³-hybridized carbons (Fsp3) is 1.00. The van der Waals surface area contributed by atoms with Crippen molar-refractivity contribution in [3.05, 3.63) is 0 Å². The van der Waals surface area contributed by atoms with Crippen LogP contribution in [0.4, 0.5) is 0 Å². The molecular weight excluding hydrogens is 184 g/mol. The van der Waals surface area contributed by atoms with Gasteiger partial charge in [-0.15, -0.1) is 0 Å². The first kappa shape index (κ1) is 11.4. The Morgan fingerprint density at radius 2 is 1.47 bits per heavy atom. The van der Waals surface area contributed by atoms with E-state index in [2.05, 4.69) is 4.90 Å². The van der Waals surface area contributed by atoms with Gasteiger partial charge in [0.15, 0.2) is 0 Å². The van der Waals surface area contributed by atoms with E-state index in [0.29, 0.717) is 0 Å². The highest BCUT2D eigenvalue weighted by molar-refractivity contribution is 4.88. The van der Waals surface area contributed by atoms with Gasteiger partial charge in [-0.1, -0.05) is 25.7 Å². The van der Waals surface area contributed by atoms with Gasteiger partial charge in [0.1, 0.15) is 0 Å². The number of rotatable bonds is 3. The molecule has 1 saturated carbocycles. The molecule has 2 heteroatoms. The fourth-order valence-electron chi connectivity index (χ4n) is 3.07. The van der Waals surface area contributed by atoms with Gasteiger partial charge in [-0.05, 0) is 51.7 Å². The van der Waals surface area contributed by atoms with Crippen LogP contribution in [-0.2, 0) is 0 Å². The summed E-state index contributed by atoms with van der Waals surface area (Å²) in [5, 5.41) is 0. The van der Waals surface area contributed by atoms with Gasteiger partial charge >= 0.3 is 0 Å². The molecule has 1 aliphatic heterocycles. The summed E-state index contributed by atoms with van der Waals surface area (Å²) in [6.07, 6.45) is 12.1. The molecule has 0 bridgehead atoms. The maximum absolute atomic E-state index is 6.45. The van der Waals surface area contributed by atoms with Crippen LogP contribution in [0.5, 0.6) is 0 Å². The standard InChI is InChI=1S/C13H26N2/c14-13(7-3-1-4-8-13)9-12-15-10-5-2-6-11-15/h1-12,14H2. The molecule has 0 aromatic rings. The van der Waals surface area contributed by atoms with Crippen molar-refractivity contribution in [2.75, 3.05) is 19.6 Å². The summed E-state index contributed by atoms with van der Waals surface area (Å²) in [5.41, 5.74) is 6.64. The van der Waals surface area contributed by atoms with E-state index in [4.69, 9.17) is 5.73 Å².